The molecule has 0 radical (unpaired) electrons. The van der Waals surface area contributed by atoms with Crippen molar-refractivity contribution in [1.29, 1.82) is 0 Å². The van der Waals surface area contributed by atoms with E-state index in [9.17, 15) is 4.79 Å². The van der Waals surface area contributed by atoms with Gasteiger partial charge < -0.3 is 14.4 Å². The normalized spacial score (nSPS) is 20.4. The van der Waals surface area contributed by atoms with E-state index in [1.165, 1.54) is 36.8 Å². The van der Waals surface area contributed by atoms with Crippen molar-refractivity contribution in [2.45, 2.75) is 62.9 Å². The first-order valence-electron chi connectivity index (χ1n) is 14.5. The largest absolute Gasteiger partial charge is 0.493 e. The Morgan fingerprint density at radius 3 is 2.18 bits per heavy atom. The zero-order valence-corrected chi connectivity index (χ0v) is 23.4. The summed E-state index contributed by atoms with van der Waals surface area (Å²) in [5.41, 5.74) is 3.39. The van der Waals surface area contributed by atoms with Crippen LogP contribution in [0.2, 0.25) is 0 Å². The third-order valence-electron chi connectivity index (χ3n) is 8.74. The van der Waals surface area contributed by atoms with E-state index in [0.717, 1.165) is 32.4 Å². The second-order valence-corrected chi connectivity index (χ2v) is 10.9. The molecule has 39 heavy (non-hydrogen) atoms. The van der Waals surface area contributed by atoms with Gasteiger partial charge in [0.2, 0.25) is 0 Å². The molecule has 2 fully saturated rings. The third-order valence-corrected chi connectivity index (χ3v) is 8.74. The summed E-state index contributed by atoms with van der Waals surface area (Å²) < 4.78 is 10.9. The summed E-state index contributed by atoms with van der Waals surface area (Å²) in [5.74, 6) is 1.91. The fraction of sp³-hybridized carbons (Fsp3) is 0.441. The Hall–Kier alpha value is -3.31. The second kappa shape index (κ2) is 13.2. The van der Waals surface area contributed by atoms with Crippen molar-refractivity contribution >= 4 is 5.91 Å². The lowest BCUT2D eigenvalue weighted by molar-refractivity contribution is 0.0457. The molecule has 0 bridgehead atoms. The van der Waals surface area contributed by atoms with Gasteiger partial charge in [-0.2, -0.15) is 0 Å². The van der Waals surface area contributed by atoms with Gasteiger partial charge in [0.1, 0.15) is 0 Å². The van der Waals surface area contributed by atoms with Crippen molar-refractivity contribution < 1.29 is 14.3 Å². The van der Waals surface area contributed by atoms with Gasteiger partial charge in [0.05, 0.1) is 14.2 Å². The molecule has 3 aromatic rings. The number of rotatable bonds is 9. The van der Waals surface area contributed by atoms with Crippen LogP contribution in [0.4, 0.5) is 0 Å². The van der Waals surface area contributed by atoms with Crippen molar-refractivity contribution in [3.63, 3.8) is 0 Å². The molecular weight excluding hydrogens is 484 g/mol. The van der Waals surface area contributed by atoms with Crippen LogP contribution in [0.25, 0.3) is 0 Å². The molecule has 0 unspecified atom stereocenters. The Balaban J connectivity index is 1.31. The lowest BCUT2D eigenvalue weighted by Crippen LogP contribution is -2.52. The van der Waals surface area contributed by atoms with Crippen LogP contribution < -0.4 is 9.47 Å². The fourth-order valence-electron chi connectivity index (χ4n) is 6.65. The number of ether oxygens (including phenoxy) is 2. The molecule has 5 nitrogen and oxygen atoms in total. The van der Waals surface area contributed by atoms with Crippen LogP contribution >= 0.6 is 0 Å². The minimum absolute atomic E-state index is 0.0742. The summed E-state index contributed by atoms with van der Waals surface area (Å²) in [5, 5.41) is 0. The van der Waals surface area contributed by atoms with Crippen LogP contribution in [0, 0.1) is 0 Å². The molecule has 0 aromatic heterocycles. The molecule has 1 saturated heterocycles. The van der Waals surface area contributed by atoms with E-state index in [0.29, 0.717) is 35.6 Å². The summed E-state index contributed by atoms with van der Waals surface area (Å²) in [6.07, 6.45) is 8.03. The molecule has 206 valence electrons. The van der Waals surface area contributed by atoms with E-state index < -0.39 is 0 Å². The molecule has 2 atom stereocenters. The van der Waals surface area contributed by atoms with E-state index in [2.05, 4.69) is 64.4 Å². The quantitative estimate of drug-likeness (QED) is 0.316. The second-order valence-electron chi connectivity index (χ2n) is 10.9. The molecule has 5 heteroatoms. The highest BCUT2D eigenvalue weighted by Gasteiger charge is 2.35. The molecule has 1 amide bonds. The van der Waals surface area contributed by atoms with Gasteiger partial charge in [-0.05, 0) is 67.3 Å². The van der Waals surface area contributed by atoms with Crippen LogP contribution in [0.5, 0.6) is 11.5 Å². The standard InChI is InChI=1S/C34H42N2O3/c1-38-32-18-17-28(25-33(32)39-2)34(37)36(24-19-26-11-5-3-6-12-26)29-20-22-35(23-21-29)31-16-10-9-15-30(31)27-13-7-4-8-14-27/h3-8,11-14,17-18,25,29-31H,9-10,15-16,19-24H2,1-2H3/t30-,31-/m1/s1. The number of nitrogens with zero attached hydrogens (tertiary/aromatic N) is 2. The highest BCUT2D eigenvalue weighted by molar-refractivity contribution is 5.95. The number of piperidine rings is 1. The number of likely N-dealkylation sites (tertiary alicyclic amines) is 1. The molecule has 1 aliphatic carbocycles. The highest BCUT2D eigenvalue weighted by atomic mass is 16.5. The number of methoxy groups -OCH3 is 2. The van der Waals surface area contributed by atoms with Gasteiger partial charge in [0.25, 0.3) is 5.91 Å². The summed E-state index contributed by atoms with van der Waals surface area (Å²) in [6, 6.07) is 27.9. The number of benzene rings is 3. The summed E-state index contributed by atoms with van der Waals surface area (Å²) >= 11 is 0. The van der Waals surface area contributed by atoms with Crippen molar-refractivity contribution in [3.05, 3.63) is 95.6 Å². The number of carbonyl (C=O) groups is 1. The number of amides is 1. The molecule has 5 rings (SSSR count). The molecule has 0 spiro atoms. The smallest absolute Gasteiger partial charge is 0.254 e. The Morgan fingerprint density at radius 2 is 1.49 bits per heavy atom. The van der Waals surface area contributed by atoms with E-state index >= 15 is 0 Å². The number of hydrogen-bond acceptors (Lipinski definition) is 4. The minimum atomic E-state index is 0.0742. The Morgan fingerprint density at radius 1 is 0.821 bits per heavy atom. The summed E-state index contributed by atoms with van der Waals surface area (Å²) in [4.78, 5) is 18.8. The monoisotopic (exact) mass is 526 g/mol. The maximum Gasteiger partial charge on any atom is 0.254 e. The van der Waals surface area contributed by atoms with E-state index in [1.807, 2.05) is 24.3 Å². The van der Waals surface area contributed by atoms with E-state index in [1.54, 1.807) is 14.2 Å². The van der Waals surface area contributed by atoms with Gasteiger partial charge in [0, 0.05) is 37.3 Å². The molecular formula is C34H42N2O3. The van der Waals surface area contributed by atoms with Crippen molar-refractivity contribution in [2.24, 2.45) is 0 Å². The number of hydrogen-bond donors (Lipinski definition) is 0. The first-order valence-corrected chi connectivity index (χ1v) is 14.5. The zero-order valence-electron chi connectivity index (χ0n) is 23.4. The summed E-state index contributed by atoms with van der Waals surface area (Å²) in [7, 11) is 3.23. The lowest BCUT2D eigenvalue weighted by atomic mass is 9.78. The Bertz CT molecular complexity index is 1190. The van der Waals surface area contributed by atoms with Gasteiger partial charge in [-0.1, -0.05) is 73.5 Å². The predicted molar refractivity (Wildman–Crippen MR) is 157 cm³/mol. The SMILES string of the molecule is COc1ccc(C(=O)N(CCc2ccccc2)C2CCN([C@@H]3CCCC[C@@H]3c3ccccc3)CC2)cc1OC. The minimum Gasteiger partial charge on any atom is -0.493 e. The summed E-state index contributed by atoms with van der Waals surface area (Å²) in [6.45, 7) is 2.79. The van der Waals surface area contributed by atoms with Crippen molar-refractivity contribution in [3.8, 4) is 11.5 Å². The van der Waals surface area contributed by atoms with Gasteiger partial charge in [-0.3, -0.25) is 9.69 Å². The van der Waals surface area contributed by atoms with Gasteiger partial charge in [-0.25, -0.2) is 0 Å². The van der Waals surface area contributed by atoms with Crippen LogP contribution in [0.15, 0.2) is 78.9 Å². The van der Waals surface area contributed by atoms with Gasteiger partial charge >= 0.3 is 0 Å². The molecule has 1 saturated carbocycles. The fourth-order valence-corrected chi connectivity index (χ4v) is 6.65. The molecule has 1 aliphatic heterocycles. The average Bonchev–Trinajstić information content (AvgIpc) is 3.02. The number of carbonyl (C=O) groups excluding carboxylic acids is 1. The van der Waals surface area contributed by atoms with Crippen LogP contribution in [-0.2, 0) is 6.42 Å². The lowest BCUT2D eigenvalue weighted by Gasteiger charge is -2.45. The third kappa shape index (κ3) is 6.47. The Labute approximate surface area is 233 Å². The van der Waals surface area contributed by atoms with E-state index in [-0.39, 0.29) is 11.9 Å². The maximum absolute atomic E-state index is 14.0. The van der Waals surface area contributed by atoms with Crippen molar-refractivity contribution in [1.82, 2.24) is 9.80 Å². The van der Waals surface area contributed by atoms with Gasteiger partial charge in [-0.15, -0.1) is 0 Å². The first-order chi connectivity index (χ1) is 19.2. The van der Waals surface area contributed by atoms with Crippen LogP contribution in [0.3, 0.4) is 0 Å². The zero-order chi connectivity index (χ0) is 27.0. The topological polar surface area (TPSA) is 42.0 Å². The predicted octanol–water partition coefficient (Wildman–Crippen LogP) is 6.58. The van der Waals surface area contributed by atoms with Gasteiger partial charge in [0.15, 0.2) is 11.5 Å². The molecule has 0 N–H and O–H groups in total. The molecule has 2 aliphatic rings. The van der Waals surface area contributed by atoms with Crippen molar-refractivity contribution in [2.75, 3.05) is 33.9 Å². The van der Waals surface area contributed by atoms with E-state index in [4.69, 9.17) is 9.47 Å². The molecule has 3 aromatic carbocycles. The molecule has 1 heterocycles. The van der Waals surface area contributed by atoms with Crippen LogP contribution in [0.1, 0.15) is 65.9 Å². The maximum atomic E-state index is 14.0. The van der Waals surface area contributed by atoms with Crippen LogP contribution in [-0.4, -0.2) is 61.6 Å². The average molecular weight is 527 g/mol. The Kier molecular flexibility index (Phi) is 9.20. The highest BCUT2D eigenvalue weighted by Crippen LogP contribution is 2.38. The first kappa shape index (κ1) is 27.3.